The zero-order chi connectivity index (χ0) is 22.3. The summed E-state index contributed by atoms with van der Waals surface area (Å²) in [6.07, 6.45) is 21.0. The molecule has 0 aliphatic carbocycles. The fourth-order valence-electron chi connectivity index (χ4n) is 3.31. The summed E-state index contributed by atoms with van der Waals surface area (Å²) in [5.74, 6) is 0. The highest BCUT2D eigenvalue weighted by atomic mass is 31.2. The second kappa shape index (κ2) is 22.4. The van der Waals surface area contributed by atoms with Gasteiger partial charge in [-0.25, -0.2) is 0 Å². The van der Waals surface area contributed by atoms with Gasteiger partial charge in [-0.15, -0.1) is 0 Å². The van der Waals surface area contributed by atoms with Crippen LogP contribution in [0.2, 0.25) is 0 Å². The van der Waals surface area contributed by atoms with Crippen LogP contribution in [0.4, 0.5) is 0 Å². The number of aliphatic hydroxyl groups excluding tert-OH is 3. The first-order valence-corrected chi connectivity index (χ1v) is 13.3. The topological polar surface area (TPSA) is 99.4 Å². The van der Waals surface area contributed by atoms with Gasteiger partial charge in [0.15, 0.2) is 0 Å². The highest BCUT2D eigenvalue weighted by Gasteiger charge is 2.30. The molecule has 0 aliphatic heterocycles. The first-order valence-electron chi connectivity index (χ1n) is 12.2. The maximum atomic E-state index is 9.70. The van der Waals surface area contributed by atoms with E-state index in [-0.39, 0.29) is 6.61 Å². The van der Waals surface area contributed by atoms with Gasteiger partial charge in [-0.05, 0) is 6.42 Å². The van der Waals surface area contributed by atoms with Crippen LogP contribution < -0.4 is 0 Å². The van der Waals surface area contributed by atoms with Crippen LogP contribution in [0.15, 0.2) is 0 Å². The second-order valence-electron chi connectivity index (χ2n) is 8.62. The van der Waals surface area contributed by atoms with E-state index in [1.807, 2.05) is 0 Å². The van der Waals surface area contributed by atoms with Crippen molar-refractivity contribution in [3.63, 3.8) is 0 Å². The Morgan fingerprint density at radius 1 is 0.567 bits per heavy atom. The second-order valence-corrected chi connectivity index (χ2v) is 9.61. The molecule has 0 aromatic carbocycles. The van der Waals surface area contributed by atoms with Crippen molar-refractivity contribution in [3.8, 4) is 0 Å². The largest absolute Gasteiger partial charge is 0.396 e. The third-order valence-electron chi connectivity index (χ3n) is 5.69. The molecule has 1 unspecified atom stereocenters. The van der Waals surface area contributed by atoms with E-state index >= 15 is 0 Å². The van der Waals surface area contributed by atoms with E-state index < -0.39 is 33.8 Å². The summed E-state index contributed by atoms with van der Waals surface area (Å²) in [4.78, 5) is 9.70. The average Bonchev–Trinajstić information content (AvgIpc) is 2.77. The molecule has 0 fully saturated rings. The minimum absolute atomic E-state index is 0.141. The molecule has 0 radical (unpaired) electrons. The van der Waals surface area contributed by atoms with E-state index in [1.54, 1.807) is 0 Å². The molecule has 0 heterocycles. The summed E-state index contributed by atoms with van der Waals surface area (Å²) in [6, 6.07) is 0. The predicted octanol–water partition coefficient (Wildman–Crippen LogP) is 5.46. The quantitative estimate of drug-likeness (QED) is 0.115. The third kappa shape index (κ3) is 17.8. The van der Waals surface area contributed by atoms with E-state index in [0.717, 1.165) is 12.8 Å². The van der Waals surface area contributed by atoms with Gasteiger partial charge >= 0.3 is 8.60 Å². The van der Waals surface area contributed by atoms with Crippen LogP contribution in [-0.4, -0.2) is 53.2 Å². The van der Waals surface area contributed by atoms with Gasteiger partial charge in [0.1, 0.15) is 0 Å². The van der Waals surface area contributed by atoms with Crippen molar-refractivity contribution in [2.75, 3.05) is 33.0 Å². The Kier molecular flexibility index (Phi) is 22.5. The molecule has 0 spiro atoms. The van der Waals surface area contributed by atoms with Crippen molar-refractivity contribution < 1.29 is 29.3 Å². The summed E-state index contributed by atoms with van der Waals surface area (Å²) in [7, 11) is -2.04. The van der Waals surface area contributed by atoms with E-state index in [1.165, 1.54) is 89.9 Å². The molecular weight excluding hydrogens is 403 g/mol. The molecule has 0 rings (SSSR count). The van der Waals surface area contributed by atoms with Gasteiger partial charge in [-0.2, -0.15) is 0 Å². The van der Waals surface area contributed by atoms with Gasteiger partial charge in [0.25, 0.3) is 0 Å². The molecule has 6 nitrogen and oxygen atoms in total. The lowest BCUT2D eigenvalue weighted by atomic mass is 9.93. The first kappa shape index (κ1) is 30.2. The lowest BCUT2D eigenvalue weighted by Crippen LogP contribution is -2.38. The van der Waals surface area contributed by atoms with Crippen LogP contribution in [0.25, 0.3) is 0 Å². The van der Waals surface area contributed by atoms with Crippen LogP contribution >= 0.6 is 8.60 Å². The summed E-state index contributed by atoms with van der Waals surface area (Å²) < 4.78 is 10.4. The minimum Gasteiger partial charge on any atom is -0.396 e. The SMILES string of the molecule is CCCCCCCCCCCCCCCCCCOP(O)OCC(CO)(CO)CO. The zero-order valence-corrected chi connectivity index (χ0v) is 20.3. The molecule has 0 aromatic rings. The lowest BCUT2D eigenvalue weighted by Gasteiger charge is -2.27. The molecule has 0 saturated carbocycles. The maximum Gasteiger partial charge on any atom is 0.329 e. The van der Waals surface area contributed by atoms with Gasteiger partial charge in [-0.3, -0.25) is 0 Å². The van der Waals surface area contributed by atoms with Crippen molar-refractivity contribution in [3.05, 3.63) is 0 Å². The Hall–Kier alpha value is 0.190. The minimum atomic E-state index is -2.04. The summed E-state index contributed by atoms with van der Waals surface area (Å²) in [6.45, 7) is 1.32. The van der Waals surface area contributed by atoms with Crippen LogP contribution in [0.1, 0.15) is 110 Å². The van der Waals surface area contributed by atoms with Gasteiger partial charge < -0.3 is 29.3 Å². The molecule has 0 saturated heterocycles. The smallest absolute Gasteiger partial charge is 0.329 e. The summed E-state index contributed by atoms with van der Waals surface area (Å²) in [5.41, 5.74) is -1.14. The molecular formula is C23H49O6P. The monoisotopic (exact) mass is 452 g/mol. The molecule has 182 valence electrons. The maximum absolute atomic E-state index is 9.70. The molecule has 30 heavy (non-hydrogen) atoms. The number of unbranched alkanes of at least 4 members (excludes halogenated alkanes) is 15. The Balaban J connectivity index is 3.31. The molecule has 4 N–H and O–H groups in total. The summed E-state index contributed by atoms with van der Waals surface area (Å²) in [5, 5.41) is 27.6. The fraction of sp³-hybridized carbons (Fsp3) is 1.00. The van der Waals surface area contributed by atoms with Gasteiger partial charge in [0.2, 0.25) is 0 Å². The number of hydrogen-bond acceptors (Lipinski definition) is 6. The van der Waals surface area contributed by atoms with Crippen molar-refractivity contribution in [1.29, 1.82) is 0 Å². The third-order valence-corrected chi connectivity index (χ3v) is 6.44. The molecule has 0 aromatic heterocycles. The zero-order valence-electron chi connectivity index (χ0n) is 19.4. The first-order chi connectivity index (χ1) is 14.6. The van der Waals surface area contributed by atoms with E-state index in [4.69, 9.17) is 9.05 Å². The van der Waals surface area contributed by atoms with Gasteiger partial charge in [0.05, 0.1) is 38.4 Å². The number of rotatable bonds is 24. The van der Waals surface area contributed by atoms with Crippen molar-refractivity contribution >= 4 is 8.60 Å². The normalized spacial score (nSPS) is 13.1. The predicted molar refractivity (Wildman–Crippen MR) is 124 cm³/mol. The van der Waals surface area contributed by atoms with Crippen molar-refractivity contribution in [2.24, 2.45) is 5.41 Å². The van der Waals surface area contributed by atoms with E-state index in [0.29, 0.717) is 6.61 Å². The molecule has 0 bridgehead atoms. The summed E-state index contributed by atoms with van der Waals surface area (Å²) >= 11 is 0. The van der Waals surface area contributed by atoms with E-state index in [9.17, 15) is 20.2 Å². The standard InChI is InChI=1S/C23H49O6P/c1-2-3-4-5-6-7-8-9-10-11-12-13-14-15-16-17-18-28-30(27)29-22-23(19-24,20-25)21-26/h24-27H,2-22H2,1H3. The Labute approximate surface area is 186 Å². The van der Waals surface area contributed by atoms with Crippen LogP contribution in [0, 0.1) is 5.41 Å². The Morgan fingerprint density at radius 3 is 1.30 bits per heavy atom. The Morgan fingerprint density at radius 2 is 0.933 bits per heavy atom. The molecule has 7 heteroatoms. The number of aliphatic hydroxyl groups is 3. The highest BCUT2D eigenvalue weighted by molar-refractivity contribution is 7.40. The lowest BCUT2D eigenvalue weighted by molar-refractivity contribution is -0.0295. The van der Waals surface area contributed by atoms with Crippen LogP contribution in [0.5, 0.6) is 0 Å². The van der Waals surface area contributed by atoms with Crippen molar-refractivity contribution in [1.82, 2.24) is 0 Å². The molecule has 0 amide bonds. The Bertz CT molecular complexity index is 333. The van der Waals surface area contributed by atoms with Crippen molar-refractivity contribution in [2.45, 2.75) is 110 Å². The van der Waals surface area contributed by atoms with E-state index in [2.05, 4.69) is 6.92 Å². The van der Waals surface area contributed by atoms with Crippen LogP contribution in [-0.2, 0) is 9.05 Å². The average molecular weight is 453 g/mol. The van der Waals surface area contributed by atoms with Crippen LogP contribution in [0.3, 0.4) is 0 Å². The highest BCUT2D eigenvalue weighted by Crippen LogP contribution is 2.35. The fourth-order valence-corrected chi connectivity index (χ4v) is 4.05. The van der Waals surface area contributed by atoms with Gasteiger partial charge in [-0.1, -0.05) is 103 Å². The molecule has 0 aliphatic rings. The molecule has 1 atom stereocenters. The van der Waals surface area contributed by atoms with Gasteiger partial charge in [0, 0.05) is 0 Å². The number of hydrogen-bond donors (Lipinski definition) is 4.